The lowest BCUT2D eigenvalue weighted by molar-refractivity contribution is 0.507. The highest BCUT2D eigenvalue weighted by Crippen LogP contribution is 2.16. The van der Waals surface area contributed by atoms with Gasteiger partial charge in [-0.3, -0.25) is 0 Å². The minimum absolute atomic E-state index is 0.605. The molecule has 0 unspecified atom stereocenters. The number of nitrogens with zero attached hydrogens (tertiary/aromatic N) is 1. The lowest BCUT2D eigenvalue weighted by Crippen LogP contribution is -2.07. The maximum Gasteiger partial charge on any atom is 0.159 e. The molecule has 0 saturated heterocycles. The van der Waals surface area contributed by atoms with Gasteiger partial charge in [0.1, 0.15) is 5.82 Å². The average Bonchev–Trinajstić information content (AvgIpc) is 2.38. The summed E-state index contributed by atoms with van der Waals surface area (Å²) in [5.74, 6) is -0.861. The van der Waals surface area contributed by atoms with Crippen molar-refractivity contribution in [3.05, 3.63) is 57.7 Å². The average molecular weight is 327 g/mol. The smallest absolute Gasteiger partial charge is 0.159 e. The lowest BCUT2D eigenvalue weighted by Gasteiger charge is -2.07. The molecule has 19 heavy (non-hydrogen) atoms. The number of halogens is 3. The lowest BCUT2D eigenvalue weighted by atomic mass is 10.1. The quantitative estimate of drug-likeness (QED) is 0.915. The minimum atomic E-state index is -0.818. The van der Waals surface area contributed by atoms with Crippen molar-refractivity contribution in [2.75, 3.05) is 11.9 Å². The zero-order valence-electron chi connectivity index (χ0n) is 10.4. The van der Waals surface area contributed by atoms with Crippen molar-refractivity contribution in [3.63, 3.8) is 0 Å². The molecule has 0 amide bonds. The van der Waals surface area contributed by atoms with Gasteiger partial charge in [0.2, 0.25) is 0 Å². The Bertz CT molecular complexity index is 536. The fourth-order valence-corrected chi connectivity index (χ4v) is 1.89. The van der Waals surface area contributed by atoms with Crippen LogP contribution >= 0.6 is 15.9 Å². The van der Waals surface area contributed by atoms with Crippen LogP contribution in [0.2, 0.25) is 0 Å². The summed E-state index contributed by atoms with van der Waals surface area (Å²) >= 11 is 3.38. The van der Waals surface area contributed by atoms with Gasteiger partial charge in [-0.1, -0.05) is 6.07 Å². The number of hydrogen-bond donors (Lipinski definition) is 1. The molecule has 1 aromatic carbocycles. The summed E-state index contributed by atoms with van der Waals surface area (Å²) in [6.07, 6.45) is 0.605. The molecule has 0 fully saturated rings. The predicted molar refractivity (Wildman–Crippen MR) is 75.2 cm³/mol. The monoisotopic (exact) mass is 326 g/mol. The highest BCUT2D eigenvalue weighted by Gasteiger charge is 2.03. The summed E-state index contributed by atoms with van der Waals surface area (Å²) in [7, 11) is 0. The molecule has 2 nitrogen and oxygen atoms in total. The Morgan fingerprint density at radius 1 is 1.16 bits per heavy atom. The number of pyridine rings is 1. The van der Waals surface area contributed by atoms with Gasteiger partial charge in [0.25, 0.3) is 0 Å². The Morgan fingerprint density at radius 2 is 1.95 bits per heavy atom. The van der Waals surface area contributed by atoms with E-state index < -0.39 is 11.6 Å². The first-order valence-corrected chi connectivity index (χ1v) is 6.66. The van der Waals surface area contributed by atoms with Crippen LogP contribution in [0.25, 0.3) is 0 Å². The zero-order chi connectivity index (χ0) is 13.8. The number of benzene rings is 1. The second kappa shape index (κ2) is 6.10. The first-order valence-electron chi connectivity index (χ1n) is 5.87. The largest absolute Gasteiger partial charge is 0.370 e. The SMILES string of the molecule is Cc1nc(NCCc2ccc(F)c(F)c2)ccc1Br. The van der Waals surface area contributed by atoms with E-state index in [2.05, 4.69) is 26.2 Å². The first-order chi connectivity index (χ1) is 9.06. The maximum absolute atomic E-state index is 13.0. The van der Waals surface area contributed by atoms with Crippen molar-refractivity contribution in [1.29, 1.82) is 0 Å². The Labute approximate surface area is 119 Å². The molecule has 0 saturated carbocycles. The molecule has 1 heterocycles. The summed E-state index contributed by atoms with van der Waals surface area (Å²) < 4.78 is 26.7. The number of nitrogens with one attached hydrogen (secondary N) is 1. The molecule has 0 radical (unpaired) electrons. The first kappa shape index (κ1) is 13.9. The number of anilines is 1. The van der Waals surface area contributed by atoms with Crippen molar-refractivity contribution >= 4 is 21.7 Å². The van der Waals surface area contributed by atoms with Crippen LogP contribution in [0.5, 0.6) is 0 Å². The molecular formula is C14H13BrF2N2. The minimum Gasteiger partial charge on any atom is -0.370 e. The molecular weight excluding hydrogens is 314 g/mol. The molecule has 2 aromatic rings. The second-order valence-electron chi connectivity index (χ2n) is 4.19. The van der Waals surface area contributed by atoms with Gasteiger partial charge in [0, 0.05) is 11.0 Å². The molecule has 0 aliphatic carbocycles. The van der Waals surface area contributed by atoms with Gasteiger partial charge in [0.05, 0.1) is 5.69 Å². The van der Waals surface area contributed by atoms with Crippen molar-refractivity contribution in [1.82, 2.24) is 4.98 Å². The molecule has 2 rings (SSSR count). The molecule has 0 aliphatic rings. The fraction of sp³-hybridized carbons (Fsp3) is 0.214. The highest BCUT2D eigenvalue weighted by molar-refractivity contribution is 9.10. The van der Waals surface area contributed by atoms with Gasteiger partial charge in [-0.15, -0.1) is 0 Å². The van der Waals surface area contributed by atoms with Crippen LogP contribution in [0.1, 0.15) is 11.3 Å². The molecule has 5 heteroatoms. The van der Waals surface area contributed by atoms with Gasteiger partial charge in [-0.25, -0.2) is 13.8 Å². The van der Waals surface area contributed by atoms with Crippen LogP contribution in [0.3, 0.4) is 0 Å². The maximum atomic E-state index is 13.0. The summed E-state index contributed by atoms with van der Waals surface area (Å²) in [6.45, 7) is 2.52. The fourth-order valence-electron chi connectivity index (χ4n) is 1.67. The Hall–Kier alpha value is -1.49. The van der Waals surface area contributed by atoms with E-state index in [1.807, 2.05) is 19.1 Å². The Balaban J connectivity index is 1.92. The van der Waals surface area contributed by atoms with Crippen molar-refractivity contribution in [2.45, 2.75) is 13.3 Å². The Kier molecular flexibility index (Phi) is 4.47. The van der Waals surface area contributed by atoms with Crippen molar-refractivity contribution < 1.29 is 8.78 Å². The highest BCUT2D eigenvalue weighted by atomic mass is 79.9. The van der Waals surface area contributed by atoms with Gasteiger partial charge in [-0.2, -0.15) is 0 Å². The predicted octanol–water partition coefficient (Wildman–Crippen LogP) is 4.09. The van der Waals surface area contributed by atoms with Crippen LogP contribution in [-0.4, -0.2) is 11.5 Å². The van der Waals surface area contributed by atoms with Gasteiger partial charge in [-0.05, 0) is 59.1 Å². The van der Waals surface area contributed by atoms with Crippen molar-refractivity contribution in [2.24, 2.45) is 0 Å². The normalized spacial score (nSPS) is 10.5. The second-order valence-corrected chi connectivity index (χ2v) is 5.04. The van der Waals surface area contributed by atoms with Crippen LogP contribution < -0.4 is 5.32 Å². The van der Waals surface area contributed by atoms with E-state index >= 15 is 0 Å². The van der Waals surface area contributed by atoms with Gasteiger partial charge < -0.3 is 5.32 Å². The van der Waals surface area contributed by atoms with Crippen LogP contribution in [0, 0.1) is 18.6 Å². The molecule has 0 bridgehead atoms. The van der Waals surface area contributed by atoms with Crippen LogP contribution in [0.15, 0.2) is 34.8 Å². The zero-order valence-corrected chi connectivity index (χ0v) is 12.0. The van der Waals surface area contributed by atoms with E-state index in [1.165, 1.54) is 6.07 Å². The summed E-state index contributed by atoms with van der Waals surface area (Å²) in [5.41, 5.74) is 1.65. The number of hydrogen-bond acceptors (Lipinski definition) is 2. The number of aryl methyl sites for hydroxylation is 1. The standard InChI is InChI=1S/C14H13BrF2N2/c1-9-11(15)3-5-14(19-9)18-7-6-10-2-4-12(16)13(17)8-10/h2-5,8H,6-7H2,1H3,(H,18,19). The molecule has 1 aromatic heterocycles. The molecule has 100 valence electrons. The van der Waals surface area contributed by atoms with E-state index in [0.29, 0.717) is 13.0 Å². The molecule has 0 aliphatic heterocycles. The summed E-state index contributed by atoms with van der Waals surface area (Å²) in [5, 5.41) is 3.15. The topological polar surface area (TPSA) is 24.9 Å². The van der Waals surface area contributed by atoms with Crippen LogP contribution in [0.4, 0.5) is 14.6 Å². The molecule has 1 N–H and O–H groups in total. The van der Waals surface area contributed by atoms with E-state index in [-0.39, 0.29) is 0 Å². The molecule has 0 atom stereocenters. The van der Waals surface area contributed by atoms with E-state index in [0.717, 1.165) is 27.6 Å². The third-order valence-corrected chi connectivity index (χ3v) is 3.56. The Morgan fingerprint density at radius 3 is 2.63 bits per heavy atom. The van der Waals surface area contributed by atoms with E-state index in [1.54, 1.807) is 6.07 Å². The third-order valence-electron chi connectivity index (χ3n) is 2.73. The van der Waals surface area contributed by atoms with E-state index in [9.17, 15) is 8.78 Å². The number of aromatic nitrogens is 1. The molecule has 0 spiro atoms. The van der Waals surface area contributed by atoms with Gasteiger partial charge >= 0.3 is 0 Å². The van der Waals surface area contributed by atoms with Crippen molar-refractivity contribution in [3.8, 4) is 0 Å². The van der Waals surface area contributed by atoms with Gasteiger partial charge in [0.15, 0.2) is 11.6 Å². The summed E-state index contributed by atoms with van der Waals surface area (Å²) in [6, 6.07) is 7.73. The number of rotatable bonds is 4. The summed E-state index contributed by atoms with van der Waals surface area (Å²) in [4.78, 5) is 4.34. The third kappa shape index (κ3) is 3.73. The van der Waals surface area contributed by atoms with Crippen LogP contribution in [-0.2, 0) is 6.42 Å². The van der Waals surface area contributed by atoms with E-state index in [4.69, 9.17) is 0 Å².